The number of nitrogens with zero attached hydrogens (tertiary/aromatic N) is 1. The summed E-state index contributed by atoms with van der Waals surface area (Å²) in [4.78, 5) is 10.4. The predicted molar refractivity (Wildman–Crippen MR) is 80.0 cm³/mol. The van der Waals surface area contributed by atoms with Gasteiger partial charge in [0.1, 0.15) is 0 Å². The summed E-state index contributed by atoms with van der Waals surface area (Å²) in [5, 5.41) is 13.9. The van der Waals surface area contributed by atoms with Crippen molar-refractivity contribution in [2.75, 3.05) is 19.3 Å². The monoisotopic (exact) mass is 365 g/mol. The molecule has 9 heteroatoms. The van der Waals surface area contributed by atoms with Crippen LogP contribution in [0, 0.1) is 10.1 Å². The summed E-state index contributed by atoms with van der Waals surface area (Å²) in [6.45, 7) is 1.26. The minimum atomic E-state index is -3.16. The molecule has 0 aromatic heterocycles. The third-order valence-corrected chi connectivity index (χ3v) is 3.67. The molecule has 0 saturated carbocycles. The van der Waals surface area contributed by atoms with Crippen LogP contribution in [0.15, 0.2) is 22.7 Å². The van der Waals surface area contributed by atoms with E-state index in [0.29, 0.717) is 31.6 Å². The highest BCUT2D eigenvalue weighted by Gasteiger charge is 2.12. The van der Waals surface area contributed by atoms with Gasteiger partial charge in [0, 0.05) is 29.2 Å². The molecular formula is C11H16BrN3O4S. The third kappa shape index (κ3) is 6.42. The molecule has 20 heavy (non-hydrogen) atoms. The summed E-state index contributed by atoms with van der Waals surface area (Å²) in [5.41, 5.74) is 0.649. The molecule has 0 amide bonds. The molecule has 0 radical (unpaired) electrons. The number of nitro groups is 1. The van der Waals surface area contributed by atoms with Crippen LogP contribution in [0.2, 0.25) is 0 Å². The molecule has 0 heterocycles. The quantitative estimate of drug-likeness (QED) is 0.411. The first-order valence-electron chi connectivity index (χ1n) is 5.88. The minimum absolute atomic E-state index is 0.0648. The molecule has 7 nitrogen and oxygen atoms in total. The van der Waals surface area contributed by atoms with Crippen LogP contribution in [0.1, 0.15) is 12.0 Å². The molecule has 1 aromatic rings. The highest BCUT2D eigenvalue weighted by atomic mass is 79.9. The predicted octanol–water partition coefficient (Wildman–Crippen LogP) is 1.39. The topological polar surface area (TPSA) is 101 Å². The summed E-state index contributed by atoms with van der Waals surface area (Å²) in [6, 6.07) is 4.77. The van der Waals surface area contributed by atoms with Crippen molar-refractivity contribution in [2.24, 2.45) is 0 Å². The van der Waals surface area contributed by atoms with Crippen molar-refractivity contribution in [3.8, 4) is 0 Å². The van der Waals surface area contributed by atoms with Gasteiger partial charge in [-0.1, -0.05) is 15.9 Å². The van der Waals surface area contributed by atoms with Gasteiger partial charge in [0.05, 0.1) is 11.2 Å². The summed E-state index contributed by atoms with van der Waals surface area (Å²) in [6.07, 6.45) is 1.71. The molecule has 0 saturated heterocycles. The van der Waals surface area contributed by atoms with Gasteiger partial charge in [-0.3, -0.25) is 10.1 Å². The Morgan fingerprint density at radius 3 is 2.65 bits per heavy atom. The molecule has 0 fully saturated rings. The molecule has 0 bridgehead atoms. The Labute approximate surface area is 126 Å². The maximum Gasteiger partial charge on any atom is 0.273 e. The minimum Gasteiger partial charge on any atom is -0.312 e. The van der Waals surface area contributed by atoms with Gasteiger partial charge >= 0.3 is 0 Å². The molecule has 1 aromatic carbocycles. The molecule has 0 aliphatic rings. The second-order valence-electron chi connectivity index (χ2n) is 4.23. The van der Waals surface area contributed by atoms with Crippen LogP contribution in [0.3, 0.4) is 0 Å². The van der Waals surface area contributed by atoms with Crippen LogP contribution in [0.4, 0.5) is 5.69 Å². The Kier molecular flexibility index (Phi) is 6.53. The van der Waals surface area contributed by atoms with E-state index in [9.17, 15) is 18.5 Å². The molecule has 2 N–H and O–H groups in total. The molecule has 0 spiro atoms. The smallest absolute Gasteiger partial charge is 0.273 e. The Hall–Kier alpha value is -1.03. The maximum atomic E-state index is 10.9. The van der Waals surface area contributed by atoms with Crippen molar-refractivity contribution in [3.63, 3.8) is 0 Å². The van der Waals surface area contributed by atoms with E-state index in [1.54, 1.807) is 12.1 Å². The lowest BCUT2D eigenvalue weighted by atomic mass is 10.2. The number of hydrogen-bond donors (Lipinski definition) is 2. The highest BCUT2D eigenvalue weighted by Crippen LogP contribution is 2.22. The normalized spacial score (nSPS) is 11.5. The average molecular weight is 366 g/mol. The summed E-state index contributed by atoms with van der Waals surface area (Å²) >= 11 is 3.27. The van der Waals surface area contributed by atoms with Crippen molar-refractivity contribution in [3.05, 3.63) is 38.3 Å². The fraction of sp³-hybridized carbons (Fsp3) is 0.455. The fourth-order valence-corrected chi connectivity index (χ4v) is 2.49. The third-order valence-electron chi connectivity index (χ3n) is 2.45. The van der Waals surface area contributed by atoms with E-state index >= 15 is 0 Å². The van der Waals surface area contributed by atoms with Crippen molar-refractivity contribution in [1.29, 1.82) is 0 Å². The Bertz CT molecular complexity index is 577. The Morgan fingerprint density at radius 2 is 2.05 bits per heavy atom. The standard InChI is InChI=1S/C11H16BrN3O4S/c1-20(18,19)14-6-2-5-13-8-9-7-10(12)3-4-11(9)15(16)17/h3-4,7,13-14H,2,5-6,8H2,1H3. The molecule has 0 atom stereocenters. The molecule has 1 rings (SSSR count). The van der Waals surface area contributed by atoms with Crippen LogP contribution < -0.4 is 10.0 Å². The van der Waals surface area contributed by atoms with Gasteiger partial charge in [0.25, 0.3) is 5.69 Å². The average Bonchev–Trinajstić information content (AvgIpc) is 2.32. The lowest BCUT2D eigenvalue weighted by Gasteiger charge is -2.06. The molecule has 0 aliphatic heterocycles. The van der Waals surface area contributed by atoms with Crippen LogP contribution in [-0.2, 0) is 16.6 Å². The summed E-state index contributed by atoms with van der Waals surface area (Å²) in [7, 11) is -3.16. The second-order valence-corrected chi connectivity index (χ2v) is 6.98. The van der Waals surface area contributed by atoms with E-state index in [0.717, 1.165) is 10.7 Å². The van der Waals surface area contributed by atoms with Crippen LogP contribution in [0.5, 0.6) is 0 Å². The maximum absolute atomic E-state index is 10.9. The number of nitro benzene ring substituents is 1. The van der Waals surface area contributed by atoms with E-state index in [4.69, 9.17) is 0 Å². The van der Waals surface area contributed by atoms with Gasteiger partial charge < -0.3 is 5.32 Å². The number of hydrogen-bond acceptors (Lipinski definition) is 5. The van der Waals surface area contributed by atoms with E-state index in [2.05, 4.69) is 26.0 Å². The molecule has 112 valence electrons. The van der Waals surface area contributed by atoms with Crippen LogP contribution >= 0.6 is 15.9 Å². The number of benzene rings is 1. The van der Waals surface area contributed by atoms with Crippen LogP contribution in [-0.4, -0.2) is 32.7 Å². The van der Waals surface area contributed by atoms with Crippen LogP contribution in [0.25, 0.3) is 0 Å². The zero-order valence-corrected chi connectivity index (χ0v) is 13.3. The van der Waals surface area contributed by atoms with Gasteiger partial charge in [-0.25, -0.2) is 13.1 Å². The first-order valence-corrected chi connectivity index (χ1v) is 8.56. The fourth-order valence-electron chi connectivity index (χ4n) is 1.57. The lowest BCUT2D eigenvalue weighted by Crippen LogP contribution is -2.26. The molecule has 0 unspecified atom stereocenters. The number of nitrogens with one attached hydrogen (secondary N) is 2. The van der Waals surface area contributed by atoms with Gasteiger partial charge in [-0.2, -0.15) is 0 Å². The second kappa shape index (κ2) is 7.67. The number of sulfonamides is 1. The Balaban J connectivity index is 2.42. The SMILES string of the molecule is CS(=O)(=O)NCCCNCc1cc(Br)ccc1[N+](=O)[O-]. The largest absolute Gasteiger partial charge is 0.312 e. The van der Waals surface area contributed by atoms with E-state index in [1.807, 2.05) is 0 Å². The van der Waals surface area contributed by atoms with Crippen molar-refractivity contribution in [2.45, 2.75) is 13.0 Å². The van der Waals surface area contributed by atoms with E-state index in [1.165, 1.54) is 6.07 Å². The molecular weight excluding hydrogens is 350 g/mol. The summed E-state index contributed by atoms with van der Waals surface area (Å²) < 4.78 is 24.8. The van der Waals surface area contributed by atoms with Gasteiger partial charge in [-0.15, -0.1) is 0 Å². The highest BCUT2D eigenvalue weighted by molar-refractivity contribution is 9.10. The van der Waals surface area contributed by atoms with E-state index in [-0.39, 0.29) is 5.69 Å². The van der Waals surface area contributed by atoms with Gasteiger partial charge in [0.2, 0.25) is 10.0 Å². The van der Waals surface area contributed by atoms with Crippen molar-refractivity contribution in [1.82, 2.24) is 10.0 Å². The number of halogens is 1. The van der Waals surface area contributed by atoms with Crippen molar-refractivity contribution < 1.29 is 13.3 Å². The first kappa shape index (κ1) is 17.0. The number of rotatable bonds is 8. The first-order chi connectivity index (χ1) is 9.29. The van der Waals surface area contributed by atoms with Gasteiger partial charge in [0.15, 0.2) is 0 Å². The van der Waals surface area contributed by atoms with Crippen molar-refractivity contribution >= 4 is 31.6 Å². The lowest BCUT2D eigenvalue weighted by molar-refractivity contribution is -0.385. The van der Waals surface area contributed by atoms with Gasteiger partial charge in [-0.05, 0) is 25.1 Å². The zero-order valence-electron chi connectivity index (χ0n) is 10.9. The summed E-state index contributed by atoms with van der Waals surface area (Å²) in [5.74, 6) is 0. The molecule has 0 aliphatic carbocycles. The van der Waals surface area contributed by atoms with E-state index < -0.39 is 14.9 Å². The zero-order chi connectivity index (χ0) is 15.2. The Morgan fingerprint density at radius 1 is 1.35 bits per heavy atom.